The van der Waals surface area contributed by atoms with Gasteiger partial charge in [0, 0.05) is 25.5 Å². The van der Waals surface area contributed by atoms with Crippen molar-refractivity contribution in [1.82, 2.24) is 20.5 Å². The van der Waals surface area contributed by atoms with Crippen LogP contribution in [0, 0.1) is 0 Å². The number of carbonyl (C=O) groups is 1. The standard InChI is InChI=1S/C13H15N5O/c1-2-15-12-6-5-11(17-18-12)13(19)16-9-10-4-3-7-14-8-10/h3-8H,2,9H2,1H3,(H,15,18)(H,16,19). The van der Waals surface area contributed by atoms with Crippen LogP contribution in [0.5, 0.6) is 0 Å². The zero-order chi connectivity index (χ0) is 13.5. The molecule has 98 valence electrons. The van der Waals surface area contributed by atoms with Gasteiger partial charge < -0.3 is 10.6 Å². The van der Waals surface area contributed by atoms with E-state index >= 15 is 0 Å². The Morgan fingerprint density at radius 2 is 2.16 bits per heavy atom. The molecule has 19 heavy (non-hydrogen) atoms. The Bertz CT molecular complexity index is 526. The average Bonchev–Trinajstić information content (AvgIpc) is 2.47. The van der Waals surface area contributed by atoms with Crippen LogP contribution in [0.3, 0.4) is 0 Å². The largest absolute Gasteiger partial charge is 0.369 e. The molecule has 0 saturated carbocycles. The molecule has 0 saturated heterocycles. The summed E-state index contributed by atoms with van der Waals surface area (Å²) in [5.74, 6) is 0.408. The van der Waals surface area contributed by atoms with E-state index < -0.39 is 0 Å². The summed E-state index contributed by atoms with van der Waals surface area (Å²) in [5.41, 5.74) is 1.23. The Kier molecular flexibility index (Phi) is 4.39. The number of pyridine rings is 1. The molecule has 2 aromatic heterocycles. The van der Waals surface area contributed by atoms with Gasteiger partial charge in [0.2, 0.25) is 0 Å². The Balaban J connectivity index is 1.92. The van der Waals surface area contributed by atoms with Crippen molar-refractivity contribution in [2.24, 2.45) is 0 Å². The minimum Gasteiger partial charge on any atom is -0.369 e. The van der Waals surface area contributed by atoms with Crippen LogP contribution in [0.15, 0.2) is 36.7 Å². The fraction of sp³-hybridized carbons (Fsp3) is 0.231. The summed E-state index contributed by atoms with van der Waals surface area (Å²) in [6, 6.07) is 7.10. The van der Waals surface area contributed by atoms with E-state index in [0.717, 1.165) is 12.1 Å². The lowest BCUT2D eigenvalue weighted by atomic mass is 10.3. The van der Waals surface area contributed by atoms with E-state index in [1.807, 2.05) is 19.1 Å². The van der Waals surface area contributed by atoms with Gasteiger partial charge in [0.05, 0.1) is 0 Å². The molecule has 0 radical (unpaired) electrons. The maximum absolute atomic E-state index is 11.8. The van der Waals surface area contributed by atoms with Gasteiger partial charge in [-0.1, -0.05) is 6.07 Å². The zero-order valence-corrected chi connectivity index (χ0v) is 10.6. The number of rotatable bonds is 5. The molecule has 0 aliphatic carbocycles. The number of hydrogen-bond donors (Lipinski definition) is 2. The summed E-state index contributed by atoms with van der Waals surface area (Å²) in [6.45, 7) is 3.15. The fourth-order valence-corrected chi connectivity index (χ4v) is 1.50. The van der Waals surface area contributed by atoms with Crippen molar-refractivity contribution in [3.05, 3.63) is 47.9 Å². The topological polar surface area (TPSA) is 79.8 Å². The monoisotopic (exact) mass is 257 g/mol. The number of carbonyl (C=O) groups excluding carboxylic acids is 1. The second-order valence-corrected chi connectivity index (χ2v) is 3.88. The number of aromatic nitrogens is 3. The molecule has 1 amide bonds. The van der Waals surface area contributed by atoms with Gasteiger partial charge in [-0.25, -0.2) is 0 Å². The highest BCUT2D eigenvalue weighted by molar-refractivity contribution is 5.92. The van der Waals surface area contributed by atoms with Crippen LogP contribution >= 0.6 is 0 Å². The van der Waals surface area contributed by atoms with Gasteiger partial charge in [0.25, 0.3) is 5.91 Å². The lowest BCUT2D eigenvalue weighted by Gasteiger charge is -2.05. The third-order valence-corrected chi connectivity index (χ3v) is 2.43. The van der Waals surface area contributed by atoms with E-state index in [4.69, 9.17) is 0 Å². The van der Waals surface area contributed by atoms with Crippen molar-refractivity contribution < 1.29 is 4.79 Å². The first-order chi connectivity index (χ1) is 9.29. The second-order valence-electron chi connectivity index (χ2n) is 3.88. The van der Waals surface area contributed by atoms with Crippen LogP contribution in [0.1, 0.15) is 23.0 Å². The summed E-state index contributed by atoms with van der Waals surface area (Å²) in [6.07, 6.45) is 3.40. The predicted molar refractivity (Wildman–Crippen MR) is 71.6 cm³/mol. The van der Waals surface area contributed by atoms with Gasteiger partial charge in [-0.05, 0) is 30.7 Å². The first-order valence-corrected chi connectivity index (χ1v) is 6.04. The molecule has 0 aromatic carbocycles. The van der Waals surface area contributed by atoms with Crippen molar-refractivity contribution in [2.45, 2.75) is 13.5 Å². The van der Waals surface area contributed by atoms with Crippen molar-refractivity contribution in [3.63, 3.8) is 0 Å². The van der Waals surface area contributed by atoms with E-state index in [9.17, 15) is 4.79 Å². The molecule has 0 unspecified atom stereocenters. The number of anilines is 1. The third-order valence-electron chi connectivity index (χ3n) is 2.43. The van der Waals surface area contributed by atoms with Crippen molar-refractivity contribution in [3.8, 4) is 0 Å². The molecule has 6 heteroatoms. The van der Waals surface area contributed by atoms with Crippen molar-refractivity contribution in [1.29, 1.82) is 0 Å². The highest BCUT2D eigenvalue weighted by Crippen LogP contribution is 2.02. The molecule has 0 spiro atoms. The maximum atomic E-state index is 11.8. The van der Waals surface area contributed by atoms with Crippen molar-refractivity contribution >= 4 is 11.7 Å². The summed E-state index contributed by atoms with van der Waals surface area (Å²) in [5, 5.41) is 13.6. The average molecular weight is 257 g/mol. The van der Waals surface area contributed by atoms with Gasteiger partial charge in [-0.2, -0.15) is 0 Å². The van der Waals surface area contributed by atoms with Gasteiger partial charge in [-0.3, -0.25) is 9.78 Å². The summed E-state index contributed by atoms with van der Waals surface area (Å²) in [7, 11) is 0. The molecule has 0 atom stereocenters. The molecule has 6 nitrogen and oxygen atoms in total. The van der Waals surface area contributed by atoms with E-state index in [-0.39, 0.29) is 5.91 Å². The van der Waals surface area contributed by atoms with Crippen LogP contribution in [-0.4, -0.2) is 27.6 Å². The second kappa shape index (κ2) is 6.44. The first kappa shape index (κ1) is 12.9. The summed E-state index contributed by atoms with van der Waals surface area (Å²) < 4.78 is 0. The maximum Gasteiger partial charge on any atom is 0.272 e. The number of nitrogens with zero attached hydrogens (tertiary/aromatic N) is 3. The number of hydrogen-bond acceptors (Lipinski definition) is 5. The molecule has 2 rings (SSSR count). The molecular formula is C13H15N5O. The zero-order valence-electron chi connectivity index (χ0n) is 10.6. The summed E-state index contributed by atoms with van der Waals surface area (Å²) in [4.78, 5) is 15.8. The number of amides is 1. The minimum absolute atomic E-state index is 0.251. The van der Waals surface area contributed by atoms with E-state index in [1.54, 1.807) is 24.5 Å². The van der Waals surface area contributed by atoms with E-state index in [2.05, 4.69) is 25.8 Å². The van der Waals surface area contributed by atoms with E-state index in [1.165, 1.54) is 0 Å². The smallest absolute Gasteiger partial charge is 0.272 e. The summed E-state index contributed by atoms with van der Waals surface area (Å²) >= 11 is 0. The number of nitrogens with one attached hydrogen (secondary N) is 2. The van der Waals surface area contributed by atoms with Gasteiger partial charge in [-0.15, -0.1) is 10.2 Å². The lowest BCUT2D eigenvalue weighted by molar-refractivity contribution is 0.0945. The highest BCUT2D eigenvalue weighted by Gasteiger charge is 2.07. The lowest BCUT2D eigenvalue weighted by Crippen LogP contribution is -2.24. The quantitative estimate of drug-likeness (QED) is 0.842. The molecular weight excluding hydrogens is 242 g/mol. The van der Waals surface area contributed by atoms with Gasteiger partial charge in [0.15, 0.2) is 5.69 Å². The molecule has 2 N–H and O–H groups in total. The normalized spacial score (nSPS) is 9.95. The Hall–Kier alpha value is -2.50. The SMILES string of the molecule is CCNc1ccc(C(=O)NCc2cccnc2)nn1. The fourth-order valence-electron chi connectivity index (χ4n) is 1.50. The van der Waals surface area contributed by atoms with Crippen LogP contribution in [0.25, 0.3) is 0 Å². The highest BCUT2D eigenvalue weighted by atomic mass is 16.1. The molecule has 0 fully saturated rings. The van der Waals surface area contributed by atoms with Crippen LogP contribution in [0.2, 0.25) is 0 Å². The molecule has 2 heterocycles. The van der Waals surface area contributed by atoms with Crippen LogP contribution in [-0.2, 0) is 6.54 Å². The first-order valence-electron chi connectivity index (χ1n) is 6.04. The van der Waals surface area contributed by atoms with Crippen LogP contribution in [0.4, 0.5) is 5.82 Å². The molecule has 2 aromatic rings. The van der Waals surface area contributed by atoms with Crippen LogP contribution < -0.4 is 10.6 Å². The Morgan fingerprint density at radius 3 is 2.79 bits per heavy atom. The minimum atomic E-state index is -0.251. The molecule has 0 aliphatic heterocycles. The Morgan fingerprint density at radius 1 is 1.26 bits per heavy atom. The van der Waals surface area contributed by atoms with Gasteiger partial charge >= 0.3 is 0 Å². The Labute approximate surface area is 111 Å². The molecule has 0 bridgehead atoms. The van der Waals surface area contributed by atoms with E-state index in [0.29, 0.717) is 18.1 Å². The van der Waals surface area contributed by atoms with Gasteiger partial charge in [0.1, 0.15) is 5.82 Å². The molecule has 0 aliphatic rings. The predicted octanol–water partition coefficient (Wildman–Crippen LogP) is 1.23. The van der Waals surface area contributed by atoms with Crippen molar-refractivity contribution in [2.75, 3.05) is 11.9 Å². The third kappa shape index (κ3) is 3.74.